The molecule has 0 atom stereocenters. The standard InChI is InChI=1S/C9H14O2/c1-3-4-5-6-7-8-9(10)11-2/h3-6H2,1-2H3/i1D3,3D2. The number of carbonyl (C=O) groups is 1. The second kappa shape index (κ2) is 7.14. The molecule has 0 amide bonds. The number of ether oxygens (including phenoxy) is 1. The van der Waals surface area contributed by atoms with E-state index in [9.17, 15) is 4.79 Å². The minimum absolute atomic E-state index is 0.112. The molecule has 2 heteroatoms. The fourth-order valence-electron chi connectivity index (χ4n) is 0.451. The van der Waals surface area contributed by atoms with Crippen LogP contribution in [-0.4, -0.2) is 13.1 Å². The van der Waals surface area contributed by atoms with E-state index in [0.717, 1.165) is 0 Å². The molecule has 0 saturated heterocycles. The molecule has 0 unspecified atom stereocenters. The second-order valence-corrected chi connectivity index (χ2v) is 1.82. The van der Waals surface area contributed by atoms with Gasteiger partial charge in [0.25, 0.3) is 0 Å². The van der Waals surface area contributed by atoms with Gasteiger partial charge in [0.15, 0.2) is 0 Å². The van der Waals surface area contributed by atoms with Gasteiger partial charge in [-0.05, 0) is 6.42 Å². The molecule has 2 nitrogen and oxygen atoms in total. The van der Waals surface area contributed by atoms with Crippen molar-refractivity contribution in [3.8, 4) is 11.8 Å². The fraction of sp³-hybridized carbons (Fsp3) is 0.667. The van der Waals surface area contributed by atoms with E-state index in [0.29, 0.717) is 0 Å². The lowest BCUT2D eigenvalue weighted by Crippen LogP contribution is -1.93. The Morgan fingerprint density at radius 2 is 2.55 bits per heavy atom. The molecule has 0 aliphatic carbocycles. The number of methoxy groups -OCH3 is 1. The predicted octanol–water partition coefficient (Wildman–Crippen LogP) is 1.74. The normalized spacial score (nSPS) is 17.4. The number of hydrogen-bond donors (Lipinski definition) is 0. The van der Waals surface area contributed by atoms with Crippen LogP contribution >= 0.6 is 0 Å². The molecule has 0 saturated carbocycles. The first-order chi connectivity index (χ1) is 7.20. The van der Waals surface area contributed by atoms with Gasteiger partial charge in [-0.25, -0.2) is 4.79 Å². The van der Waals surface area contributed by atoms with Crippen molar-refractivity contribution in [2.45, 2.75) is 32.5 Å². The second-order valence-electron chi connectivity index (χ2n) is 1.82. The lowest BCUT2D eigenvalue weighted by molar-refractivity contribution is -0.133. The van der Waals surface area contributed by atoms with Gasteiger partial charge in [-0.15, -0.1) is 0 Å². The number of rotatable bonds is 3. The number of unbranched alkanes of at least 4 members (excludes halogenated alkanes) is 1. The molecule has 0 fully saturated rings. The minimum Gasteiger partial charge on any atom is -0.459 e. The van der Waals surface area contributed by atoms with Crippen LogP contribution < -0.4 is 0 Å². The van der Waals surface area contributed by atoms with Gasteiger partial charge in [-0.2, -0.15) is 0 Å². The van der Waals surface area contributed by atoms with Gasteiger partial charge in [-0.3, -0.25) is 0 Å². The molecule has 0 radical (unpaired) electrons. The number of esters is 1. The molecule has 0 bridgehead atoms. The zero-order valence-corrected chi connectivity index (χ0v) is 6.44. The summed E-state index contributed by atoms with van der Waals surface area (Å²) in [6.07, 6.45) is -1.76. The third-order valence-electron chi connectivity index (χ3n) is 0.979. The Hall–Kier alpha value is -0.970. The van der Waals surface area contributed by atoms with Crippen molar-refractivity contribution in [1.29, 1.82) is 0 Å². The zero-order chi connectivity index (χ0) is 12.8. The van der Waals surface area contributed by atoms with Gasteiger partial charge in [0.2, 0.25) is 0 Å². The molecule has 11 heavy (non-hydrogen) atoms. The average molecular weight is 159 g/mol. The highest BCUT2D eigenvalue weighted by molar-refractivity contribution is 5.88. The molecular weight excluding hydrogens is 140 g/mol. The molecule has 0 aromatic rings. The summed E-state index contributed by atoms with van der Waals surface area (Å²) < 4.78 is 39.8. The van der Waals surface area contributed by atoms with E-state index in [1.165, 1.54) is 7.11 Å². The predicted molar refractivity (Wildman–Crippen MR) is 43.9 cm³/mol. The summed E-state index contributed by atoms with van der Waals surface area (Å²) in [6, 6.07) is 0. The molecule has 0 aliphatic heterocycles. The van der Waals surface area contributed by atoms with Crippen molar-refractivity contribution in [3.63, 3.8) is 0 Å². The third-order valence-corrected chi connectivity index (χ3v) is 0.979. The molecule has 62 valence electrons. The highest BCUT2D eigenvalue weighted by Gasteiger charge is 1.87. The van der Waals surface area contributed by atoms with Gasteiger partial charge >= 0.3 is 5.97 Å². The smallest absolute Gasteiger partial charge is 0.384 e. The van der Waals surface area contributed by atoms with E-state index in [1.54, 1.807) is 0 Å². The largest absolute Gasteiger partial charge is 0.459 e. The van der Waals surface area contributed by atoms with Crippen LogP contribution in [0.4, 0.5) is 0 Å². The van der Waals surface area contributed by atoms with Crippen LogP contribution in [0.1, 0.15) is 39.3 Å². The highest BCUT2D eigenvalue weighted by Crippen LogP contribution is 1.96. The Bertz CT molecular complexity index is 297. The van der Waals surface area contributed by atoms with Crippen molar-refractivity contribution in [3.05, 3.63) is 0 Å². The molecule has 0 spiro atoms. The van der Waals surface area contributed by atoms with Gasteiger partial charge in [0.05, 0.1) is 7.11 Å². The Balaban J connectivity index is 3.99. The van der Waals surface area contributed by atoms with Crippen LogP contribution in [0, 0.1) is 11.8 Å². The first kappa shape index (κ1) is 4.15. The molecule has 0 aromatic carbocycles. The summed E-state index contributed by atoms with van der Waals surface area (Å²) in [7, 11) is 1.21. The average Bonchev–Trinajstić information content (AvgIpc) is 2.15. The monoisotopic (exact) mass is 159 g/mol. The molecule has 0 heterocycles. The van der Waals surface area contributed by atoms with Gasteiger partial charge in [-0.1, -0.05) is 25.6 Å². The summed E-state index contributed by atoms with van der Waals surface area (Å²) in [4.78, 5) is 10.6. The SMILES string of the molecule is [2H]C([2H])([2H])C([2H])([2H])CCCC#CC(=O)OC. The van der Waals surface area contributed by atoms with Crippen LogP contribution in [0.25, 0.3) is 0 Å². The molecule has 0 aliphatic rings. The van der Waals surface area contributed by atoms with E-state index in [1.807, 2.05) is 0 Å². The van der Waals surface area contributed by atoms with Crippen LogP contribution in [0.15, 0.2) is 0 Å². The zero-order valence-electron chi connectivity index (χ0n) is 11.4. The van der Waals surface area contributed by atoms with E-state index in [4.69, 9.17) is 6.85 Å². The van der Waals surface area contributed by atoms with Crippen molar-refractivity contribution in [1.82, 2.24) is 0 Å². The summed E-state index contributed by atoms with van der Waals surface area (Å²) in [5, 5.41) is 0. The summed E-state index contributed by atoms with van der Waals surface area (Å²) in [5.74, 6) is 4.01. The van der Waals surface area contributed by atoms with Crippen molar-refractivity contribution in [2.24, 2.45) is 0 Å². The molecule has 0 aromatic heterocycles. The first-order valence-corrected chi connectivity index (χ1v) is 3.27. The number of hydrogen-bond acceptors (Lipinski definition) is 2. The summed E-state index contributed by atoms with van der Waals surface area (Å²) in [5.41, 5.74) is 0. The van der Waals surface area contributed by atoms with Crippen LogP contribution in [0.3, 0.4) is 0 Å². The fourth-order valence-corrected chi connectivity index (χ4v) is 0.451. The summed E-state index contributed by atoms with van der Waals surface area (Å²) >= 11 is 0. The Labute approximate surface area is 75.0 Å². The summed E-state index contributed by atoms with van der Waals surface area (Å²) in [6.45, 7) is -2.62. The maximum absolute atomic E-state index is 10.6. The maximum Gasteiger partial charge on any atom is 0.384 e. The number of carbonyl (C=O) groups excluding carboxylic acids is 1. The van der Waals surface area contributed by atoms with E-state index >= 15 is 0 Å². The van der Waals surface area contributed by atoms with Crippen LogP contribution in [-0.2, 0) is 9.53 Å². The first-order valence-electron chi connectivity index (χ1n) is 5.77. The lowest BCUT2D eigenvalue weighted by Gasteiger charge is -1.88. The van der Waals surface area contributed by atoms with Gasteiger partial charge in [0, 0.05) is 19.2 Å². The van der Waals surface area contributed by atoms with Crippen molar-refractivity contribution in [2.75, 3.05) is 7.11 Å². The third kappa shape index (κ3) is 6.92. The van der Waals surface area contributed by atoms with Gasteiger partial charge < -0.3 is 4.74 Å². The quantitative estimate of drug-likeness (QED) is 0.271. The molecule has 0 rings (SSSR count). The maximum atomic E-state index is 10.6. The lowest BCUT2D eigenvalue weighted by atomic mass is 10.2. The van der Waals surface area contributed by atoms with E-state index < -0.39 is 19.2 Å². The minimum atomic E-state index is -2.62. The molecule has 0 N–H and O–H groups in total. The topological polar surface area (TPSA) is 26.3 Å². The Morgan fingerprint density at radius 3 is 3.18 bits per heavy atom. The Kier molecular flexibility index (Phi) is 2.70. The van der Waals surface area contributed by atoms with Crippen LogP contribution in [0.5, 0.6) is 0 Å². The van der Waals surface area contributed by atoms with Crippen molar-refractivity contribution < 1.29 is 16.4 Å². The highest BCUT2D eigenvalue weighted by atomic mass is 16.5. The van der Waals surface area contributed by atoms with Gasteiger partial charge in [0.1, 0.15) is 0 Å². The molecular formula is C9H14O2. The van der Waals surface area contributed by atoms with E-state index in [-0.39, 0.29) is 19.3 Å². The van der Waals surface area contributed by atoms with E-state index in [2.05, 4.69) is 16.6 Å². The Morgan fingerprint density at radius 1 is 1.73 bits per heavy atom. The van der Waals surface area contributed by atoms with Crippen molar-refractivity contribution >= 4 is 5.97 Å². The van der Waals surface area contributed by atoms with Crippen LogP contribution in [0.2, 0.25) is 0 Å².